The van der Waals surface area contributed by atoms with Gasteiger partial charge in [0.2, 0.25) is 0 Å². The Hall–Kier alpha value is -3.97. The van der Waals surface area contributed by atoms with Gasteiger partial charge in [-0.05, 0) is 74.2 Å². The first-order chi connectivity index (χ1) is 19.5. The predicted octanol–water partition coefficient (Wildman–Crippen LogP) is 6.18. The molecule has 3 aromatic rings. The van der Waals surface area contributed by atoms with E-state index in [1.807, 2.05) is 12.1 Å². The van der Waals surface area contributed by atoms with Crippen LogP contribution in [0.2, 0.25) is 0 Å². The second-order valence-electron chi connectivity index (χ2n) is 10.4. The van der Waals surface area contributed by atoms with Crippen molar-refractivity contribution in [1.82, 2.24) is 10.2 Å². The number of fused-ring (bicyclic) bond motifs is 1. The highest BCUT2D eigenvalue weighted by molar-refractivity contribution is 6.09. The molecular formula is C33H36FN3O3. The third-order valence-corrected chi connectivity index (χ3v) is 7.72. The fraction of sp³-hybridized carbons (Fsp3) is 0.333. The smallest absolute Gasteiger partial charge is 0.294 e. The summed E-state index contributed by atoms with van der Waals surface area (Å²) >= 11 is 0. The molecule has 5 rings (SSSR count). The highest BCUT2D eigenvalue weighted by Gasteiger charge is 2.30. The zero-order valence-electron chi connectivity index (χ0n) is 22.9. The SMILES string of the molecule is CCC1CCCCN1CCCNC(=O)c1ccc(/C=C2\Oc3ccccc3N(Cc3ccccc3F)C2=O)cc1. The Morgan fingerprint density at radius 2 is 1.82 bits per heavy atom. The maximum atomic E-state index is 14.4. The summed E-state index contributed by atoms with van der Waals surface area (Å²) in [6, 6.07) is 21.4. The van der Waals surface area contributed by atoms with Crippen LogP contribution in [0.4, 0.5) is 10.1 Å². The van der Waals surface area contributed by atoms with Crippen LogP contribution < -0.4 is 15.0 Å². The minimum absolute atomic E-state index is 0.0825. The zero-order chi connectivity index (χ0) is 27.9. The lowest BCUT2D eigenvalue weighted by atomic mass is 10.00. The number of carbonyl (C=O) groups is 2. The molecule has 0 bridgehead atoms. The first-order valence-electron chi connectivity index (χ1n) is 14.2. The zero-order valence-corrected chi connectivity index (χ0v) is 22.9. The van der Waals surface area contributed by atoms with Crippen LogP contribution in [0.3, 0.4) is 0 Å². The molecule has 6 nitrogen and oxygen atoms in total. The van der Waals surface area contributed by atoms with Crippen molar-refractivity contribution in [3.63, 3.8) is 0 Å². The summed E-state index contributed by atoms with van der Waals surface area (Å²) in [6.45, 7) is 5.14. The van der Waals surface area contributed by atoms with E-state index in [1.54, 1.807) is 60.7 Å². The van der Waals surface area contributed by atoms with Gasteiger partial charge in [-0.3, -0.25) is 14.5 Å². The monoisotopic (exact) mass is 541 g/mol. The maximum absolute atomic E-state index is 14.4. The van der Waals surface area contributed by atoms with Gasteiger partial charge in [-0.15, -0.1) is 0 Å². The molecule has 1 atom stereocenters. The topological polar surface area (TPSA) is 61.9 Å². The van der Waals surface area contributed by atoms with Crippen molar-refractivity contribution in [3.8, 4) is 5.75 Å². The number of amides is 2. The van der Waals surface area contributed by atoms with E-state index in [0.717, 1.165) is 25.1 Å². The lowest BCUT2D eigenvalue weighted by Gasteiger charge is -2.35. The Labute approximate surface area is 235 Å². The first kappa shape index (κ1) is 27.6. The van der Waals surface area contributed by atoms with Crippen molar-refractivity contribution in [1.29, 1.82) is 0 Å². The molecule has 2 aliphatic rings. The number of para-hydroxylation sites is 2. The van der Waals surface area contributed by atoms with Gasteiger partial charge in [-0.25, -0.2) is 4.39 Å². The van der Waals surface area contributed by atoms with Crippen LogP contribution in [0.15, 0.2) is 78.6 Å². The van der Waals surface area contributed by atoms with E-state index in [1.165, 1.54) is 36.6 Å². The quantitative estimate of drug-likeness (QED) is 0.260. The second kappa shape index (κ2) is 12.9. The van der Waals surface area contributed by atoms with Gasteiger partial charge in [0.1, 0.15) is 5.82 Å². The Morgan fingerprint density at radius 1 is 1.05 bits per heavy atom. The van der Waals surface area contributed by atoms with Gasteiger partial charge in [0.05, 0.1) is 12.2 Å². The Balaban J connectivity index is 1.22. The molecule has 1 unspecified atom stereocenters. The van der Waals surface area contributed by atoms with Crippen LogP contribution in [0.5, 0.6) is 5.75 Å². The van der Waals surface area contributed by atoms with E-state index in [2.05, 4.69) is 17.1 Å². The van der Waals surface area contributed by atoms with E-state index in [9.17, 15) is 14.0 Å². The summed E-state index contributed by atoms with van der Waals surface area (Å²) in [5.74, 6) is -0.177. The van der Waals surface area contributed by atoms with Crippen molar-refractivity contribution >= 4 is 23.6 Å². The minimum atomic E-state index is -0.365. The fourth-order valence-electron chi connectivity index (χ4n) is 5.50. The molecular weight excluding hydrogens is 505 g/mol. The van der Waals surface area contributed by atoms with Gasteiger partial charge in [-0.1, -0.05) is 55.8 Å². The number of halogens is 1. The first-order valence-corrected chi connectivity index (χ1v) is 14.2. The average Bonchev–Trinajstić information content (AvgIpc) is 2.99. The molecule has 1 fully saturated rings. The number of piperidine rings is 1. The predicted molar refractivity (Wildman–Crippen MR) is 156 cm³/mol. The number of rotatable bonds is 9. The number of hydrogen-bond donors (Lipinski definition) is 1. The van der Waals surface area contributed by atoms with Gasteiger partial charge in [0.15, 0.2) is 11.5 Å². The average molecular weight is 542 g/mol. The molecule has 0 saturated carbocycles. The molecule has 1 saturated heterocycles. The van der Waals surface area contributed by atoms with E-state index >= 15 is 0 Å². The summed E-state index contributed by atoms with van der Waals surface area (Å²) < 4.78 is 20.3. The molecule has 0 radical (unpaired) electrons. The highest BCUT2D eigenvalue weighted by Crippen LogP contribution is 2.36. The third kappa shape index (κ3) is 6.42. The van der Waals surface area contributed by atoms with E-state index < -0.39 is 0 Å². The number of benzene rings is 3. The summed E-state index contributed by atoms with van der Waals surface area (Å²) in [5.41, 5.74) is 2.30. The Morgan fingerprint density at radius 3 is 2.62 bits per heavy atom. The van der Waals surface area contributed by atoms with Gasteiger partial charge >= 0.3 is 0 Å². The molecule has 0 aromatic heterocycles. The molecule has 40 heavy (non-hydrogen) atoms. The maximum Gasteiger partial charge on any atom is 0.294 e. The van der Waals surface area contributed by atoms with Crippen molar-refractivity contribution < 1.29 is 18.7 Å². The third-order valence-electron chi connectivity index (χ3n) is 7.72. The summed E-state index contributed by atoms with van der Waals surface area (Å²) in [5, 5.41) is 3.03. The van der Waals surface area contributed by atoms with Crippen molar-refractivity contribution in [2.24, 2.45) is 0 Å². The van der Waals surface area contributed by atoms with E-state index in [0.29, 0.717) is 35.2 Å². The van der Waals surface area contributed by atoms with E-state index in [4.69, 9.17) is 4.74 Å². The number of carbonyl (C=O) groups excluding carboxylic acids is 2. The minimum Gasteiger partial charge on any atom is -0.449 e. The van der Waals surface area contributed by atoms with Crippen LogP contribution in [0.25, 0.3) is 6.08 Å². The molecule has 3 aromatic carbocycles. The van der Waals surface area contributed by atoms with Crippen LogP contribution in [-0.2, 0) is 11.3 Å². The summed E-state index contributed by atoms with van der Waals surface area (Å²) in [4.78, 5) is 30.2. The van der Waals surface area contributed by atoms with E-state index in [-0.39, 0.29) is 29.9 Å². The van der Waals surface area contributed by atoms with Gasteiger partial charge < -0.3 is 15.0 Å². The van der Waals surface area contributed by atoms with Gasteiger partial charge in [0.25, 0.3) is 11.8 Å². The molecule has 2 amide bonds. The largest absolute Gasteiger partial charge is 0.449 e. The van der Waals surface area contributed by atoms with Crippen LogP contribution in [0.1, 0.15) is 60.5 Å². The van der Waals surface area contributed by atoms with Crippen LogP contribution in [-0.4, -0.2) is 42.4 Å². The Bertz CT molecular complexity index is 1370. The van der Waals surface area contributed by atoms with Crippen molar-refractivity contribution in [2.45, 2.75) is 51.6 Å². The Kier molecular flexibility index (Phi) is 8.91. The second-order valence-corrected chi connectivity index (χ2v) is 10.4. The number of ether oxygens (including phenoxy) is 1. The molecule has 0 spiro atoms. The number of anilines is 1. The summed E-state index contributed by atoms with van der Waals surface area (Å²) in [7, 11) is 0. The molecule has 2 heterocycles. The summed E-state index contributed by atoms with van der Waals surface area (Å²) in [6.07, 6.45) is 7.61. The van der Waals surface area contributed by atoms with Crippen molar-refractivity contribution in [2.75, 3.05) is 24.5 Å². The fourth-order valence-corrected chi connectivity index (χ4v) is 5.50. The van der Waals surface area contributed by atoms with Crippen LogP contribution >= 0.6 is 0 Å². The number of nitrogens with zero attached hydrogens (tertiary/aromatic N) is 2. The lowest BCUT2D eigenvalue weighted by Crippen LogP contribution is -2.40. The van der Waals surface area contributed by atoms with Crippen LogP contribution in [0, 0.1) is 5.82 Å². The number of hydrogen-bond acceptors (Lipinski definition) is 4. The number of likely N-dealkylation sites (tertiary alicyclic amines) is 1. The lowest BCUT2D eigenvalue weighted by molar-refractivity contribution is -0.117. The molecule has 0 aliphatic carbocycles. The molecule has 2 aliphatic heterocycles. The molecule has 208 valence electrons. The molecule has 1 N–H and O–H groups in total. The van der Waals surface area contributed by atoms with Gasteiger partial charge in [-0.2, -0.15) is 0 Å². The molecule has 7 heteroatoms. The number of nitrogens with one attached hydrogen (secondary N) is 1. The normalized spacial score (nSPS) is 18.4. The highest BCUT2D eigenvalue weighted by atomic mass is 19.1. The van der Waals surface area contributed by atoms with Gasteiger partial charge in [0, 0.05) is 30.3 Å². The standard InChI is InChI=1S/C33H36FN3O3/c1-2-27-11-7-8-20-36(27)21-9-19-35-32(38)25-17-15-24(16-18-25)22-31-33(39)37(23-26-10-3-4-12-28(26)34)29-13-5-6-14-30(29)40-31/h3-6,10,12-18,22,27H,2,7-9,11,19-21,23H2,1H3,(H,35,38)/b31-22-. The van der Waals surface area contributed by atoms with Crippen molar-refractivity contribution in [3.05, 3.63) is 101 Å².